The average molecular weight is 451 g/mol. The summed E-state index contributed by atoms with van der Waals surface area (Å²) in [5, 5.41) is 0. The van der Waals surface area contributed by atoms with Crippen LogP contribution in [0.25, 0.3) is 0 Å². The third-order valence-electron chi connectivity index (χ3n) is 5.28. The first-order valence-corrected chi connectivity index (χ1v) is 10.9. The van der Waals surface area contributed by atoms with E-state index in [9.17, 15) is 14.4 Å². The average Bonchev–Trinajstić information content (AvgIpc) is 2.78. The van der Waals surface area contributed by atoms with Crippen molar-refractivity contribution in [3.8, 4) is 0 Å². The van der Waals surface area contributed by atoms with E-state index < -0.39 is 11.2 Å². The molecule has 3 rings (SSSR count). The molecule has 3 N–H and O–H groups in total. The lowest BCUT2D eigenvalue weighted by Gasteiger charge is -2.25. The van der Waals surface area contributed by atoms with Crippen LogP contribution in [0, 0.1) is 5.92 Å². The molecule has 8 nitrogen and oxygen atoms in total. The second kappa shape index (κ2) is 10.8. The van der Waals surface area contributed by atoms with Gasteiger partial charge in [-0.25, -0.2) is 4.79 Å². The first-order chi connectivity index (χ1) is 15.8. The number of nitrogen functional groups attached to an aromatic ring is 1. The Morgan fingerprint density at radius 2 is 1.73 bits per heavy atom. The molecular formula is C25H30N4O4. The second-order valence-electron chi connectivity index (χ2n) is 8.31. The number of aromatic amines is 1. The number of hydrogen-bond donors (Lipinski definition) is 2. The first kappa shape index (κ1) is 24.0. The van der Waals surface area contributed by atoms with Crippen molar-refractivity contribution in [1.29, 1.82) is 0 Å². The van der Waals surface area contributed by atoms with E-state index in [0.29, 0.717) is 11.5 Å². The van der Waals surface area contributed by atoms with Gasteiger partial charge in [0.05, 0.1) is 19.7 Å². The van der Waals surface area contributed by atoms with Gasteiger partial charge in [-0.15, -0.1) is 0 Å². The smallest absolute Gasteiger partial charge is 0.330 e. The van der Waals surface area contributed by atoms with Gasteiger partial charge in [-0.1, -0.05) is 56.3 Å². The van der Waals surface area contributed by atoms with E-state index in [-0.39, 0.29) is 37.1 Å². The number of H-pyrrole nitrogens is 1. The van der Waals surface area contributed by atoms with Gasteiger partial charge in [-0.2, -0.15) is 0 Å². The normalized spacial score (nSPS) is 11.0. The number of rotatable bonds is 9. The highest BCUT2D eigenvalue weighted by molar-refractivity contribution is 6.07. The van der Waals surface area contributed by atoms with Gasteiger partial charge in [-0.05, 0) is 35.6 Å². The highest BCUT2D eigenvalue weighted by Crippen LogP contribution is 2.22. The predicted molar refractivity (Wildman–Crippen MR) is 130 cm³/mol. The van der Waals surface area contributed by atoms with Crippen LogP contribution in [-0.2, 0) is 24.2 Å². The number of benzene rings is 2. The fourth-order valence-corrected chi connectivity index (χ4v) is 3.67. The van der Waals surface area contributed by atoms with Crippen LogP contribution in [-0.4, -0.2) is 29.2 Å². The van der Waals surface area contributed by atoms with Gasteiger partial charge in [0.15, 0.2) is 5.69 Å². The van der Waals surface area contributed by atoms with Crippen LogP contribution >= 0.6 is 0 Å². The van der Waals surface area contributed by atoms with Gasteiger partial charge in [0.1, 0.15) is 5.82 Å². The summed E-state index contributed by atoms with van der Waals surface area (Å²) in [6.45, 7) is 4.74. The van der Waals surface area contributed by atoms with Crippen LogP contribution in [0.15, 0.2) is 64.2 Å². The molecule has 0 saturated carbocycles. The van der Waals surface area contributed by atoms with Crippen LogP contribution in [0.3, 0.4) is 0 Å². The van der Waals surface area contributed by atoms with E-state index in [1.54, 1.807) is 12.1 Å². The number of carbonyl (C=O) groups is 1. The summed E-state index contributed by atoms with van der Waals surface area (Å²) in [7, 11) is 1.50. The molecule has 0 aliphatic heterocycles. The van der Waals surface area contributed by atoms with Crippen molar-refractivity contribution in [2.75, 3.05) is 24.4 Å². The topological polar surface area (TPSA) is 110 Å². The van der Waals surface area contributed by atoms with Crippen LogP contribution in [0.4, 0.5) is 11.5 Å². The zero-order valence-electron chi connectivity index (χ0n) is 19.2. The Balaban J connectivity index is 2.08. The van der Waals surface area contributed by atoms with Crippen molar-refractivity contribution >= 4 is 17.4 Å². The Morgan fingerprint density at radius 3 is 2.33 bits per heavy atom. The Kier molecular flexibility index (Phi) is 7.84. The van der Waals surface area contributed by atoms with Crippen LogP contribution in [0.2, 0.25) is 0 Å². The molecule has 3 aromatic rings. The lowest BCUT2D eigenvalue weighted by Crippen LogP contribution is -2.41. The molecule has 0 radical (unpaired) electrons. The molecule has 8 heteroatoms. The Morgan fingerprint density at radius 1 is 1.06 bits per heavy atom. The Bertz CT molecular complexity index is 1200. The van der Waals surface area contributed by atoms with Crippen molar-refractivity contribution in [2.24, 2.45) is 5.92 Å². The minimum Gasteiger partial charge on any atom is -0.383 e. The zero-order chi connectivity index (χ0) is 24.0. The van der Waals surface area contributed by atoms with Crippen molar-refractivity contribution in [3.63, 3.8) is 0 Å². The molecule has 0 aliphatic rings. The van der Waals surface area contributed by atoms with Crippen LogP contribution < -0.4 is 21.9 Å². The molecule has 0 unspecified atom stereocenters. The molecule has 0 aliphatic carbocycles. The van der Waals surface area contributed by atoms with Gasteiger partial charge in [-0.3, -0.25) is 24.0 Å². The maximum atomic E-state index is 13.6. The molecule has 0 bridgehead atoms. The van der Waals surface area contributed by atoms with Crippen LogP contribution in [0.5, 0.6) is 0 Å². The van der Waals surface area contributed by atoms with Crippen molar-refractivity contribution in [3.05, 3.63) is 92.1 Å². The number of nitrogens with one attached hydrogen (secondary N) is 1. The molecule has 0 saturated heterocycles. The number of hydrogen-bond acceptors (Lipinski definition) is 5. The van der Waals surface area contributed by atoms with E-state index >= 15 is 0 Å². The fourth-order valence-electron chi connectivity index (χ4n) is 3.67. The summed E-state index contributed by atoms with van der Waals surface area (Å²) in [4.78, 5) is 42.4. The maximum absolute atomic E-state index is 13.6. The molecule has 0 fully saturated rings. The standard InChI is InChI=1S/C25H30N4O4/c1-17(2)15-18-9-11-20(12-10-18)24(31)29(16-19-7-5-4-6-8-19)21-22(26)28(13-14-33-3)25(32)27-23(21)30/h4-12,17H,13-16,26H2,1-3H3,(H,27,30,32). The summed E-state index contributed by atoms with van der Waals surface area (Å²) < 4.78 is 6.26. The summed E-state index contributed by atoms with van der Waals surface area (Å²) in [6, 6.07) is 16.6. The van der Waals surface area contributed by atoms with E-state index in [1.165, 1.54) is 16.6 Å². The first-order valence-electron chi connectivity index (χ1n) is 10.9. The van der Waals surface area contributed by atoms with Gasteiger partial charge >= 0.3 is 5.69 Å². The fraction of sp³-hybridized carbons (Fsp3) is 0.320. The molecule has 1 aromatic heterocycles. The minimum absolute atomic E-state index is 0.0641. The van der Waals surface area contributed by atoms with E-state index in [0.717, 1.165) is 17.5 Å². The maximum Gasteiger partial charge on any atom is 0.330 e. The summed E-state index contributed by atoms with van der Waals surface area (Å²) in [6.07, 6.45) is 0.902. The molecular weight excluding hydrogens is 420 g/mol. The number of nitrogens with two attached hydrogens (primary N) is 1. The molecule has 33 heavy (non-hydrogen) atoms. The molecule has 1 amide bonds. The SMILES string of the molecule is COCCn1c(N)c(N(Cc2ccccc2)C(=O)c2ccc(CC(C)C)cc2)c(=O)[nH]c1=O. The molecule has 0 spiro atoms. The molecule has 2 aromatic carbocycles. The number of nitrogens with zero attached hydrogens (tertiary/aromatic N) is 2. The lowest BCUT2D eigenvalue weighted by atomic mass is 10.0. The predicted octanol–water partition coefficient (Wildman–Crippen LogP) is 2.81. The van der Waals surface area contributed by atoms with E-state index in [2.05, 4.69) is 18.8 Å². The highest BCUT2D eigenvalue weighted by Gasteiger charge is 2.25. The molecule has 0 atom stereocenters. The number of aromatic nitrogens is 2. The van der Waals surface area contributed by atoms with E-state index in [4.69, 9.17) is 10.5 Å². The Labute approximate surface area is 192 Å². The van der Waals surface area contributed by atoms with Crippen molar-refractivity contribution in [2.45, 2.75) is 33.4 Å². The lowest BCUT2D eigenvalue weighted by molar-refractivity contribution is 0.0984. The highest BCUT2D eigenvalue weighted by atomic mass is 16.5. The van der Waals surface area contributed by atoms with Crippen molar-refractivity contribution < 1.29 is 9.53 Å². The Hall–Kier alpha value is -3.65. The van der Waals surface area contributed by atoms with E-state index in [1.807, 2.05) is 42.5 Å². The van der Waals surface area contributed by atoms with Gasteiger partial charge in [0, 0.05) is 12.7 Å². The monoisotopic (exact) mass is 450 g/mol. The molecule has 174 valence electrons. The van der Waals surface area contributed by atoms with Gasteiger partial charge in [0.2, 0.25) is 0 Å². The number of anilines is 2. The quantitative estimate of drug-likeness (QED) is 0.521. The largest absolute Gasteiger partial charge is 0.383 e. The number of ether oxygens (including phenoxy) is 1. The number of carbonyl (C=O) groups excluding carboxylic acids is 1. The van der Waals surface area contributed by atoms with Crippen LogP contribution in [0.1, 0.15) is 35.3 Å². The van der Waals surface area contributed by atoms with Gasteiger partial charge in [0.25, 0.3) is 11.5 Å². The third-order valence-corrected chi connectivity index (χ3v) is 5.28. The number of amides is 1. The summed E-state index contributed by atoms with van der Waals surface area (Å²) >= 11 is 0. The number of methoxy groups -OCH3 is 1. The third kappa shape index (κ3) is 5.78. The molecule has 1 heterocycles. The van der Waals surface area contributed by atoms with Crippen molar-refractivity contribution in [1.82, 2.24) is 9.55 Å². The zero-order valence-corrected chi connectivity index (χ0v) is 19.2. The minimum atomic E-state index is -0.716. The van der Waals surface area contributed by atoms with Gasteiger partial charge < -0.3 is 10.5 Å². The summed E-state index contributed by atoms with van der Waals surface area (Å²) in [5.74, 6) is 0.0261. The second-order valence-corrected chi connectivity index (χ2v) is 8.31. The summed E-state index contributed by atoms with van der Waals surface area (Å²) in [5.41, 5.74) is 7.20.